The Morgan fingerprint density at radius 1 is 1.29 bits per heavy atom. The third kappa shape index (κ3) is 5.01. The van der Waals surface area contributed by atoms with Crippen LogP contribution in [0.2, 0.25) is 0 Å². The molecule has 0 aromatic heterocycles. The molecule has 1 aromatic rings. The maximum atomic E-state index is 12.5. The summed E-state index contributed by atoms with van der Waals surface area (Å²) in [5, 5.41) is 6.28. The van der Waals surface area contributed by atoms with Crippen molar-refractivity contribution in [3.63, 3.8) is 0 Å². The van der Waals surface area contributed by atoms with Gasteiger partial charge in [0.15, 0.2) is 5.25 Å². The summed E-state index contributed by atoms with van der Waals surface area (Å²) in [6, 6.07) is 6.34. The van der Waals surface area contributed by atoms with Crippen molar-refractivity contribution in [3.8, 4) is 0 Å². The number of carboxylic acids is 1. The Balaban J connectivity index is 2.91. The zero-order valence-electron chi connectivity index (χ0n) is 11.0. The molecule has 0 fully saturated rings. The highest BCUT2D eigenvalue weighted by atomic mass is 32.2. The minimum atomic E-state index is -4.97. The lowest BCUT2D eigenvalue weighted by molar-refractivity contribution is -0.139. The van der Waals surface area contributed by atoms with Crippen molar-refractivity contribution in [3.05, 3.63) is 35.9 Å². The van der Waals surface area contributed by atoms with Gasteiger partial charge in [-0.1, -0.05) is 30.3 Å². The van der Waals surface area contributed by atoms with Crippen LogP contribution in [0.5, 0.6) is 0 Å². The van der Waals surface area contributed by atoms with E-state index in [2.05, 4.69) is 0 Å². The lowest BCUT2D eigenvalue weighted by Crippen LogP contribution is -2.49. The van der Waals surface area contributed by atoms with Gasteiger partial charge in [0, 0.05) is 0 Å². The molecule has 1 unspecified atom stereocenters. The second-order valence-electron chi connectivity index (χ2n) is 4.43. The van der Waals surface area contributed by atoms with Crippen LogP contribution in [0.25, 0.3) is 0 Å². The highest BCUT2D eigenvalue weighted by molar-refractivity contribution is 7.90. The molecule has 1 rings (SSSR count). The monoisotopic (exact) mass is 325 g/mol. The molecule has 1 aromatic carbocycles. The number of alkyl halides is 3. The summed E-state index contributed by atoms with van der Waals surface area (Å²) in [7, 11) is -4.84. The molecule has 0 aliphatic carbocycles. The molecule has 2 atom stereocenters. The van der Waals surface area contributed by atoms with E-state index < -0.39 is 33.5 Å². The van der Waals surface area contributed by atoms with Crippen LogP contribution in [-0.4, -0.2) is 37.0 Å². The molecule has 0 spiro atoms. The van der Waals surface area contributed by atoms with Crippen molar-refractivity contribution in [1.29, 1.82) is 0 Å². The van der Waals surface area contributed by atoms with Crippen molar-refractivity contribution in [2.75, 3.05) is 0 Å². The number of hydrogen-bond donors (Lipinski definition) is 2. The first-order valence-electron chi connectivity index (χ1n) is 5.88. The van der Waals surface area contributed by atoms with Gasteiger partial charge in [-0.25, -0.2) is 13.1 Å². The quantitative estimate of drug-likeness (QED) is 0.831. The third-order valence-corrected chi connectivity index (χ3v) is 4.62. The van der Waals surface area contributed by atoms with Gasteiger partial charge in [-0.3, -0.25) is 4.79 Å². The molecule has 0 bridgehead atoms. The van der Waals surface area contributed by atoms with Crippen molar-refractivity contribution in [1.82, 2.24) is 4.72 Å². The van der Waals surface area contributed by atoms with Crippen LogP contribution in [0.3, 0.4) is 0 Å². The van der Waals surface area contributed by atoms with Crippen LogP contribution in [0, 0.1) is 0 Å². The average Bonchev–Trinajstić information content (AvgIpc) is 2.37. The molecular weight excluding hydrogens is 311 g/mol. The molecule has 118 valence electrons. The Morgan fingerprint density at radius 3 is 2.24 bits per heavy atom. The van der Waals surface area contributed by atoms with E-state index in [0.717, 1.165) is 0 Å². The number of rotatable bonds is 6. The van der Waals surface area contributed by atoms with Crippen LogP contribution >= 0.6 is 0 Å². The summed E-state index contributed by atoms with van der Waals surface area (Å²) >= 11 is 0. The fraction of sp³-hybridized carbons (Fsp3) is 0.417. The summed E-state index contributed by atoms with van der Waals surface area (Å²) in [5.74, 6) is -1.54. The minimum Gasteiger partial charge on any atom is -0.480 e. The average molecular weight is 325 g/mol. The number of benzene rings is 1. The Morgan fingerprint density at radius 2 is 1.81 bits per heavy atom. The summed E-state index contributed by atoms with van der Waals surface area (Å²) in [4.78, 5) is 11.0. The molecule has 2 N–H and O–H groups in total. The fourth-order valence-electron chi connectivity index (χ4n) is 1.51. The predicted molar refractivity (Wildman–Crippen MR) is 69.1 cm³/mol. The van der Waals surface area contributed by atoms with Crippen molar-refractivity contribution in [2.45, 2.75) is 30.8 Å². The summed E-state index contributed by atoms with van der Waals surface area (Å²) in [6.45, 7) is 0.462. The van der Waals surface area contributed by atoms with Gasteiger partial charge in [0.25, 0.3) is 0 Å². The fourth-order valence-corrected chi connectivity index (χ4v) is 2.64. The number of nitrogens with one attached hydrogen (secondary N) is 1. The van der Waals surface area contributed by atoms with Crippen LogP contribution in [-0.2, 0) is 21.2 Å². The maximum absolute atomic E-state index is 12.5. The zero-order valence-corrected chi connectivity index (χ0v) is 11.8. The van der Waals surface area contributed by atoms with E-state index in [1.54, 1.807) is 35.1 Å². The van der Waals surface area contributed by atoms with Gasteiger partial charge in [0.05, 0.1) is 0 Å². The standard InChI is InChI=1S/C12H14F3NO4S/c1-8(12(13,14)15)21(19,20)16-10(11(17)18)7-9-5-3-2-4-6-9/h2-6,8,10,16H,7H2,1H3,(H,17,18)/t8?,10-/m0/s1. The number of carboxylic acid groups (broad SMARTS) is 1. The molecule has 0 saturated heterocycles. The molecule has 21 heavy (non-hydrogen) atoms. The van der Waals surface area contributed by atoms with Gasteiger partial charge in [-0.05, 0) is 18.9 Å². The Labute approximate surface area is 119 Å². The Hall–Kier alpha value is -1.61. The summed E-state index contributed by atoms with van der Waals surface area (Å²) in [5.41, 5.74) is 0.493. The number of aliphatic carboxylic acids is 1. The molecular formula is C12H14F3NO4S. The highest BCUT2D eigenvalue weighted by Crippen LogP contribution is 2.25. The van der Waals surface area contributed by atoms with E-state index in [1.165, 1.54) is 0 Å². The van der Waals surface area contributed by atoms with Crippen LogP contribution in [0.15, 0.2) is 30.3 Å². The first-order chi connectivity index (χ1) is 9.54. The van der Waals surface area contributed by atoms with E-state index in [4.69, 9.17) is 5.11 Å². The number of halogens is 3. The Kier molecular flexibility index (Phi) is 5.35. The van der Waals surface area contributed by atoms with Crippen LogP contribution < -0.4 is 4.72 Å². The smallest absolute Gasteiger partial charge is 0.406 e. The molecule has 0 saturated carbocycles. The number of hydrogen-bond acceptors (Lipinski definition) is 3. The molecule has 0 amide bonds. The lowest BCUT2D eigenvalue weighted by Gasteiger charge is -2.20. The second-order valence-corrected chi connectivity index (χ2v) is 6.46. The molecule has 5 nitrogen and oxygen atoms in total. The van der Waals surface area contributed by atoms with E-state index in [1.807, 2.05) is 0 Å². The molecule has 0 aliphatic heterocycles. The van der Waals surface area contributed by atoms with E-state index in [0.29, 0.717) is 12.5 Å². The first-order valence-corrected chi connectivity index (χ1v) is 7.43. The topological polar surface area (TPSA) is 83.5 Å². The minimum absolute atomic E-state index is 0.250. The Bertz CT molecular complexity index is 586. The van der Waals surface area contributed by atoms with Crippen molar-refractivity contribution in [2.24, 2.45) is 0 Å². The second kappa shape index (κ2) is 6.44. The van der Waals surface area contributed by atoms with Gasteiger partial charge in [0.1, 0.15) is 6.04 Å². The van der Waals surface area contributed by atoms with Crippen LogP contribution in [0.4, 0.5) is 13.2 Å². The third-order valence-electron chi connectivity index (χ3n) is 2.81. The maximum Gasteiger partial charge on any atom is 0.406 e. The molecule has 0 aliphatic rings. The van der Waals surface area contributed by atoms with E-state index >= 15 is 0 Å². The zero-order chi connectivity index (χ0) is 16.3. The van der Waals surface area contributed by atoms with Gasteiger partial charge in [-0.15, -0.1) is 0 Å². The summed E-state index contributed by atoms with van der Waals surface area (Å²) < 4.78 is 62.1. The van der Waals surface area contributed by atoms with E-state index in [-0.39, 0.29) is 6.42 Å². The van der Waals surface area contributed by atoms with Crippen molar-refractivity contribution < 1.29 is 31.5 Å². The SMILES string of the molecule is CC(C(F)(F)F)S(=O)(=O)N[C@@H](Cc1ccccc1)C(=O)O. The van der Waals surface area contributed by atoms with Gasteiger partial charge < -0.3 is 5.11 Å². The molecule has 0 radical (unpaired) electrons. The lowest BCUT2D eigenvalue weighted by atomic mass is 10.1. The summed E-state index contributed by atoms with van der Waals surface area (Å²) in [6.07, 6.45) is -5.22. The predicted octanol–water partition coefficient (Wildman–Crippen LogP) is 1.55. The van der Waals surface area contributed by atoms with Crippen molar-refractivity contribution >= 4 is 16.0 Å². The molecule has 0 heterocycles. The molecule has 9 heteroatoms. The van der Waals surface area contributed by atoms with E-state index in [9.17, 15) is 26.4 Å². The van der Waals surface area contributed by atoms with Gasteiger partial charge >= 0.3 is 12.1 Å². The van der Waals surface area contributed by atoms with Gasteiger partial charge in [0.2, 0.25) is 10.0 Å². The number of sulfonamides is 1. The largest absolute Gasteiger partial charge is 0.480 e. The normalized spacial score (nSPS) is 15.4. The first kappa shape index (κ1) is 17.4. The highest BCUT2D eigenvalue weighted by Gasteiger charge is 2.46. The number of carbonyl (C=O) groups is 1. The van der Waals surface area contributed by atoms with Crippen LogP contribution in [0.1, 0.15) is 12.5 Å². The van der Waals surface area contributed by atoms with Gasteiger partial charge in [-0.2, -0.15) is 13.2 Å².